The number of carbonyl (C=O) groups is 1. The van der Waals surface area contributed by atoms with Crippen LogP contribution >= 0.6 is 35.0 Å². The first kappa shape index (κ1) is 19.4. The maximum atomic E-state index is 13.6. The predicted octanol–water partition coefficient (Wildman–Crippen LogP) is 3.97. The van der Waals surface area contributed by atoms with Gasteiger partial charge in [-0.1, -0.05) is 35.0 Å². The van der Waals surface area contributed by atoms with E-state index in [4.69, 9.17) is 29.0 Å². The van der Waals surface area contributed by atoms with Crippen LogP contribution in [0.3, 0.4) is 0 Å². The standard InChI is InChI=1S/C16H11Cl2F2N5OS/c17-8-1-3-10(11(18)5-8)15-23-24-16(25(15)21)27-7-14(26)22-13-4-2-9(19)6-12(13)20/h1-6H,7,21H2,(H,22,26). The van der Waals surface area contributed by atoms with Crippen LogP contribution in [0.15, 0.2) is 41.6 Å². The van der Waals surface area contributed by atoms with Crippen LogP contribution < -0.4 is 11.2 Å². The second-order valence-corrected chi connectivity index (χ2v) is 7.05. The Morgan fingerprint density at radius 3 is 2.67 bits per heavy atom. The molecule has 3 N–H and O–H groups in total. The Morgan fingerprint density at radius 2 is 1.96 bits per heavy atom. The highest BCUT2D eigenvalue weighted by Gasteiger charge is 2.16. The minimum Gasteiger partial charge on any atom is -0.335 e. The third-order valence-corrected chi connectivity index (χ3v) is 4.87. The highest BCUT2D eigenvalue weighted by atomic mass is 35.5. The number of hydrogen-bond acceptors (Lipinski definition) is 5. The highest BCUT2D eigenvalue weighted by molar-refractivity contribution is 7.99. The van der Waals surface area contributed by atoms with Crippen molar-refractivity contribution >= 4 is 46.6 Å². The van der Waals surface area contributed by atoms with Crippen molar-refractivity contribution in [3.8, 4) is 11.4 Å². The number of anilines is 1. The van der Waals surface area contributed by atoms with E-state index in [1.807, 2.05) is 0 Å². The fourth-order valence-electron chi connectivity index (χ4n) is 2.14. The molecule has 0 unspecified atom stereocenters. The molecule has 2 aromatic carbocycles. The SMILES string of the molecule is Nn1c(SCC(=O)Nc2ccc(F)cc2F)nnc1-c1ccc(Cl)cc1Cl. The fraction of sp³-hybridized carbons (Fsp3) is 0.0625. The monoisotopic (exact) mass is 429 g/mol. The molecule has 0 spiro atoms. The van der Waals surface area contributed by atoms with Crippen molar-refractivity contribution in [1.82, 2.24) is 14.9 Å². The van der Waals surface area contributed by atoms with Gasteiger partial charge in [0, 0.05) is 16.7 Å². The number of thioether (sulfide) groups is 1. The van der Waals surface area contributed by atoms with E-state index in [1.165, 1.54) is 4.68 Å². The summed E-state index contributed by atoms with van der Waals surface area (Å²) >= 11 is 13.0. The number of hydrogen-bond donors (Lipinski definition) is 2. The van der Waals surface area contributed by atoms with Crippen LogP contribution in [0.2, 0.25) is 10.0 Å². The molecule has 1 amide bonds. The van der Waals surface area contributed by atoms with Gasteiger partial charge in [-0.25, -0.2) is 13.5 Å². The molecule has 11 heteroatoms. The summed E-state index contributed by atoms with van der Waals surface area (Å²) in [4.78, 5) is 12.0. The van der Waals surface area contributed by atoms with Gasteiger partial charge in [-0.2, -0.15) is 0 Å². The summed E-state index contributed by atoms with van der Waals surface area (Å²) in [7, 11) is 0. The van der Waals surface area contributed by atoms with E-state index in [0.717, 1.165) is 23.9 Å². The Bertz CT molecular complexity index is 1010. The molecule has 27 heavy (non-hydrogen) atoms. The minimum atomic E-state index is -0.866. The molecule has 0 aliphatic rings. The first-order chi connectivity index (χ1) is 12.8. The highest BCUT2D eigenvalue weighted by Crippen LogP contribution is 2.30. The molecule has 6 nitrogen and oxygen atoms in total. The molecule has 1 heterocycles. The number of aromatic nitrogens is 3. The van der Waals surface area contributed by atoms with E-state index in [9.17, 15) is 13.6 Å². The molecular weight excluding hydrogens is 419 g/mol. The lowest BCUT2D eigenvalue weighted by molar-refractivity contribution is -0.113. The Hall–Kier alpha value is -2.36. The van der Waals surface area contributed by atoms with Gasteiger partial charge >= 0.3 is 0 Å². The fourth-order valence-corrected chi connectivity index (χ4v) is 3.29. The number of rotatable bonds is 5. The summed E-state index contributed by atoms with van der Waals surface area (Å²) in [5, 5.41) is 11.3. The van der Waals surface area contributed by atoms with Crippen molar-refractivity contribution in [2.75, 3.05) is 16.9 Å². The molecule has 0 aliphatic heterocycles. The number of benzene rings is 2. The summed E-state index contributed by atoms with van der Waals surface area (Å²) < 4.78 is 27.6. The first-order valence-corrected chi connectivity index (χ1v) is 9.13. The van der Waals surface area contributed by atoms with Crippen molar-refractivity contribution in [1.29, 1.82) is 0 Å². The van der Waals surface area contributed by atoms with Gasteiger partial charge in [0.15, 0.2) is 5.82 Å². The number of nitrogen functional groups attached to an aromatic ring is 1. The molecule has 0 saturated heterocycles. The Labute approximate surface area is 166 Å². The predicted molar refractivity (Wildman–Crippen MR) is 101 cm³/mol. The summed E-state index contributed by atoms with van der Waals surface area (Å²) in [6, 6.07) is 7.70. The number of nitrogens with two attached hydrogens (primary N) is 1. The smallest absolute Gasteiger partial charge is 0.234 e. The number of nitrogens with one attached hydrogen (secondary N) is 1. The Balaban J connectivity index is 1.68. The average molecular weight is 430 g/mol. The quantitative estimate of drug-likeness (QED) is 0.473. The largest absolute Gasteiger partial charge is 0.335 e. The lowest BCUT2D eigenvalue weighted by Crippen LogP contribution is -2.17. The van der Waals surface area contributed by atoms with E-state index in [2.05, 4.69) is 15.5 Å². The maximum Gasteiger partial charge on any atom is 0.234 e. The van der Waals surface area contributed by atoms with Crippen LogP contribution in [0.4, 0.5) is 14.5 Å². The van der Waals surface area contributed by atoms with Crippen LogP contribution in [-0.2, 0) is 4.79 Å². The van der Waals surface area contributed by atoms with Gasteiger partial charge in [0.25, 0.3) is 0 Å². The van der Waals surface area contributed by atoms with Gasteiger partial charge < -0.3 is 11.2 Å². The Kier molecular flexibility index (Phi) is 5.83. The van der Waals surface area contributed by atoms with Crippen molar-refractivity contribution in [2.24, 2.45) is 0 Å². The van der Waals surface area contributed by atoms with Crippen molar-refractivity contribution in [3.63, 3.8) is 0 Å². The summed E-state index contributed by atoms with van der Waals surface area (Å²) in [5.74, 6) is 4.04. The zero-order valence-corrected chi connectivity index (χ0v) is 15.7. The zero-order valence-electron chi connectivity index (χ0n) is 13.4. The molecule has 3 aromatic rings. The maximum absolute atomic E-state index is 13.6. The van der Waals surface area contributed by atoms with Gasteiger partial charge in [0.05, 0.1) is 16.5 Å². The third kappa shape index (κ3) is 4.49. The number of nitrogens with zero attached hydrogens (tertiary/aromatic N) is 3. The van der Waals surface area contributed by atoms with Crippen LogP contribution in [-0.4, -0.2) is 26.5 Å². The zero-order chi connectivity index (χ0) is 19.6. The van der Waals surface area contributed by atoms with E-state index in [-0.39, 0.29) is 16.6 Å². The summed E-state index contributed by atoms with van der Waals surface area (Å²) in [5.41, 5.74) is 0.408. The normalized spacial score (nSPS) is 10.8. The molecule has 0 saturated carbocycles. The minimum absolute atomic E-state index is 0.111. The number of halogens is 4. The van der Waals surface area contributed by atoms with Gasteiger partial charge in [-0.05, 0) is 30.3 Å². The molecular formula is C16H11Cl2F2N5OS. The summed E-state index contributed by atoms with van der Waals surface area (Å²) in [6.07, 6.45) is 0. The topological polar surface area (TPSA) is 85.8 Å². The molecule has 140 valence electrons. The van der Waals surface area contributed by atoms with E-state index < -0.39 is 17.5 Å². The van der Waals surface area contributed by atoms with Gasteiger partial charge in [0.2, 0.25) is 11.1 Å². The lowest BCUT2D eigenvalue weighted by atomic mass is 10.2. The van der Waals surface area contributed by atoms with Crippen LogP contribution in [0.1, 0.15) is 0 Å². The van der Waals surface area contributed by atoms with Gasteiger partial charge in [-0.3, -0.25) is 4.79 Å². The number of amides is 1. The van der Waals surface area contributed by atoms with Crippen molar-refractivity contribution in [2.45, 2.75) is 5.16 Å². The van der Waals surface area contributed by atoms with E-state index >= 15 is 0 Å². The first-order valence-electron chi connectivity index (χ1n) is 7.39. The molecule has 1 aromatic heterocycles. The van der Waals surface area contributed by atoms with E-state index in [0.29, 0.717) is 27.5 Å². The lowest BCUT2D eigenvalue weighted by Gasteiger charge is -2.07. The molecule has 3 rings (SSSR count). The van der Waals surface area contributed by atoms with Crippen LogP contribution in [0.5, 0.6) is 0 Å². The van der Waals surface area contributed by atoms with Gasteiger partial charge in [-0.15, -0.1) is 10.2 Å². The molecule has 0 bridgehead atoms. The third-order valence-electron chi connectivity index (χ3n) is 3.37. The van der Waals surface area contributed by atoms with Gasteiger partial charge in [0.1, 0.15) is 11.6 Å². The van der Waals surface area contributed by atoms with Crippen molar-refractivity contribution < 1.29 is 13.6 Å². The molecule has 0 fully saturated rings. The Morgan fingerprint density at radius 1 is 1.19 bits per heavy atom. The second-order valence-electron chi connectivity index (χ2n) is 5.26. The van der Waals surface area contributed by atoms with Crippen molar-refractivity contribution in [3.05, 3.63) is 58.1 Å². The van der Waals surface area contributed by atoms with Crippen LogP contribution in [0.25, 0.3) is 11.4 Å². The number of carbonyl (C=O) groups excluding carboxylic acids is 1. The average Bonchev–Trinajstić information content (AvgIpc) is 2.96. The second kappa shape index (κ2) is 8.12. The molecule has 0 atom stereocenters. The van der Waals surface area contributed by atoms with E-state index in [1.54, 1.807) is 18.2 Å². The molecule has 0 aliphatic carbocycles. The molecule has 0 radical (unpaired) electrons. The van der Waals surface area contributed by atoms with Crippen LogP contribution in [0, 0.1) is 11.6 Å². The summed E-state index contributed by atoms with van der Waals surface area (Å²) in [6.45, 7) is 0.